The van der Waals surface area contributed by atoms with E-state index in [2.05, 4.69) is 0 Å². The van der Waals surface area contributed by atoms with Crippen LogP contribution >= 0.6 is 23.2 Å². The van der Waals surface area contributed by atoms with Gasteiger partial charge in [0.2, 0.25) is 15.9 Å². The Bertz CT molecular complexity index is 1250. The van der Waals surface area contributed by atoms with Crippen LogP contribution in [0.4, 0.5) is 5.69 Å². The third-order valence-corrected chi connectivity index (χ3v) is 7.97. The maximum atomic E-state index is 13.5. The van der Waals surface area contributed by atoms with E-state index in [1.165, 1.54) is 28.6 Å². The van der Waals surface area contributed by atoms with Crippen molar-refractivity contribution in [3.05, 3.63) is 94.0 Å². The summed E-state index contributed by atoms with van der Waals surface area (Å²) in [4.78, 5) is 15.2. The third kappa shape index (κ3) is 4.55. The lowest BCUT2D eigenvalue weighted by Crippen LogP contribution is -2.44. The van der Waals surface area contributed by atoms with E-state index in [1.54, 1.807) is 29.2 Å². The second kappa shape index (κ2) is 9.24. The molecular formula is C24H22Cl2N2O3S. The van der Waals surface area contributed by atoms with Gasteiger partial charge in [0, 0.05) is 28.3 Å². The van der Waals surface area contributed by atoms with E-state index in [1.807, 2.05) is 31.2 Å². The number of halogens is 2. The van der Waals surface area contributed by atoms with Crippen molar-refractivity contribution in [2.45, 2.75) is 30.8 Å². The number of rotatable bonds is 6. The zero-order valence-electron chi connectivity index (χ0n) is 17.4. The van der Waals surface area contributed by atoms with Crippen molar-refractivity contribution in [2.75, 3.05) is 11.4 Å². The number of benzene rings is 3. The van der Waals surface area contributed by atoms with Crippen LogP contribution in [-0.2, 0) is 27.8 Å². The molecule has 1 unspecified atom stereocenters. The number of sulfonamides is 1. The molecule has 8 heteroatoms. The average Bonchev–Trinajstić information content (AvgIpc) is 3.10. The number of anilines is 1. The molecule has 0 fully saturated rings. The lowest BCUT2D eigenvalue weighted by atomic mass is 10.1. The van der Waals surface area contributed by atoms with Crippen LogP contribution in [-0.4, -0.2) is 31.2 Å². The average molecular weight is 489 g/mol. The highest BCUT2D eigenvalue weighted by Crippen LogP contribution is 2.32. The molecule has 0 N–H and O–H groups in total. The predicted molar refractivity (Wildman–Crippen MR) is 128 cm³/mol. The third-order valence-electron chi connectivity index (χ3n) is 5.54. The molecule has 1 amide bonds. The van der Waals surface area contributed by atoms with Crippen LogP contribution in [0.3, 0.4) is 0 Å². The molecule has 1 heterocycles. The van der Waals surface area contributed by atoms with E-state index in [9.17, 15) is 13.2 Å². The Morgan fingerprint density at radius 3 is 2.38 bits per heavy atom. The van der Waals surface area contributed by atoms with Crippen LogP contribution in [0.15, 0.2) is 77.7 Å². The minimum Gasteiger partial charge on any atom is -0.308 e. The summed E-state index contributed by atoms with van der Waals surface area (Å²) >= 11 is 12.2. The van der Waals surface area contributed by atoms with E-state index in [-0.39, 0.29) is 29.9 Å². The van der Waals surface area contributed by atoms with Crippen molar-refractivity contribution >= 4 is 44.8 Å². The van der Waals surface area contributed by atoms with E-state index < -0.39 is 10.0 Å². The lowest BCUT2D eigenvalue weighted by Gasteiger charge is -2.28. The molecule has 0 aromatic heterocycles. The minimum absolute atomic E-state index is 0.0275. The highest BCUT2D eigenvalue weighted by atomic mass is 35.5. The summed E-state index contributed by atoms with van der Waals surface area (Å²) in [7, 11) is -3.98. The molecule has 5 nitrogen and oxygen atoms in total. The fourth-order valence-corrected chi connectivity index (χ4v) is 5.66. The van der Waals surface area contributed by atoms with Gasteiger partial charge in [-0.25, -0.2) is 8.42 Å². The fourth-order valence-electron chi connectivity index (χ4n) is 3.97. The zero-order valence-corrected chi connectivity index (χ0v) is 19.7. The largest absolute Gasteiger partial charge is 0.308 e. The smallest absolute Gasteiger partial charge is 0.243 e. The first-order valence-corrected chi connectivity index (χ1v) is 12.4. The molecule has 1 aliphatic heterocycles. The van der Waals surface area contributed by atoms with Crippen molar-refractivity contribution in [2.24, 2.45) is 0 Å². The zero-order chi connectivity index (χ0) is 22.9. The van der Waals surface area contributed by atoms with Gasteiger partial charge in [0.05, 0.1) is 11.4 Å². The molecule has 4 rings (SSSR count). The monoisotopic (exact) mass is 488 g/mol. The van der Waals surface area contributed by atoms with Gasteiger partial charge in [0.15, 0.2) is 0 Å². The number of carbonyl (C=O) groups is 1. The van der Waals surface area contributed by atoms with E-state index in [0.717, 1.165) is 17.7 Å². The highest BCUT2D eigenvalue weighted by molar-refractivity contribution is 7.89. The molecular weight excluding hydrogens is 467 g/mol. The minimum atomic E-state index is -3.98. The van der Waals surface area contributed by atoms with Crippen molar-refractivity contribution in [1.82, 2.24) is 4.31 Å². The van der Waals surface area contributed by atoms with Crippen LogP contribution in [0.5, 0.6) is 0 Å². The van der Waals surface area contributed by atoms with Gasteiger partial charge in [-0.3, -0.25) is 4.79 Å². The van der Waals surface area contributed by atoms with E-state index >= 15 is 0 Å². The molecule has 0 radical (unpaired) electrons. The Kier molecular flexibility index (Phi) is 6.58. The number of hydrogen-bond acceptors (Lipinski definition) is 3. The highest BCUT2D eigenvalue weighted by Gasteiger charge is 2.34. The number of para-hydroxylation sites is 1. The standard InChI is InChI=1S/C24H22Cl2N2O3S/c1-17-14-18-6-3-5-9-23(18)28(17)24(29)16-27(15-19-7-2-4-8-22(19)26)32(30,31)21-12-10-20(25)11-13-21/h2-13,17H,14-16H2,1H3. The molecule has 3 aromatic carbocycles. The lowest BCUT2D eigenvalue weighted by molar-refractivity contribution is -0.119. The predicted octanol–water partition coefficient (Wildman–Crippen LogP) is 5.16. The molecule has 0 saturated carbocycles. The normalized spacial score (nSPS) is 15.8. The summed E-state index contributed by atoms with van der Waals surface area (Å²) in [5.74, 6) is -0.285. The maximum Gasteiger partial charge on any atom is 0.243 e. The Balaban J connectivity index is 1.69. The van der Waals surface area contributed by atoms with Crippen molar-refractivity contribution in [3.63, 3.8) is 0 Å². The molecule has 0 saturated heterocycles. The number of carbonyl (C=O) groups excluding carboxylic acids is 1. The van der Waals surface area contributed by atoms with Gasteiger partial charge in [0.25, 0.3) is 0 Å². The first kappa shape index (κ1) is 22.8. The Hall–Kier alpha value is -2.38. The topological polar surface area (TPSA) is 57.7 Å². The Labute approximate surface area is 198 Å². The second-order valence-corrected chi connectivity index (χ2v) is 10.5. The van der Waals surface area contributed by atoms with Crippen molar-refractivity contribution in [3.8, 4) is 0 Å². The van der Waals surface area contributed by atoms with Crippen LogP contribution in [0.25, 0.3) is 0 Å². The summed E-state index contributed by atoms with van der Waals surface area (Å²) in [5.41, 5.74) is 2.52. The van der Waals surface area contributed by atoms with Gasteiger partial charge in [-0.05, 0) is 60.9 Å². The molecule has 1 atom stereocenters. The maximum absolute atomic E-state index is 13.5. The number of amides is 1. The number of hydrogen-bond donors (Lipinski definition) is 0. The van der Waals surface area contributed by atoms with Crippen LogP contribution in [0, 0.1) is 0 Å². The van der Waals surface area contributed by atoms with Gasteiger partial charge in [-0.1, -0.05) is 59.6 Å². The van der Waals surface area contributed by atoms with Gasteiger partial charge < -0.3 is 4.90 Å². The molecule has 32 heavy (non-hydrogen) atoms. The molecule has 0 spiro atoms. The first-order chi connectivity index (χ1) is 15.3. The van der Waals surface area contributed by atoms with Crippen LogP contribution < -0.4 is 4.90 Å². The van der Waals surface area contributed by atoms with Gasteiger partial charge in [-0.2, -0.15) is 4.31 Å². The van der Waals surface area contributed by atoms with Crippen molar-refractivity contribution < 1.29 is 13.2 Å². The molecule has 1 aliphatic rings. The van der Waals surface area contributed by atoms with Crippen LogP contribution in [0.2, 0.25) is 10.0 Å². The van der Waals surface area contributed by atoms with Crippen molar-refractivity contribution in [1.29, 1.82) is 0 Å². The second-order valence-electron chi connectivity index (χ2n) is 7.76. The summed E-state index contributed by atoms with van der Waals surface area (Å²) in [6, 6.07) is 20.6. The Morgan fingerprint density at radius 1 is 1.00 bits per heavy atom. The van der Waals surface area contributed by atoms with E-state index in [4.69, 9.17) is 23.2 Å². The molecule has 0 aliphatic carbocycles. The summed E-state index contributed by atoms with van der Waals surface area (Å²) in [5, 5.41) is 0.872. The number of nitrogens with zero attached hydrogens (tertiary/aromatic N) is 2. The molecule has 166 valence electrons. The molecule has 3 aromatic rings. The SMILES string of the molecule is CC1Cc2ccccc2N1C(=O)CN(Cc1ccccc1Cl)S(=O)(=O)c1ccc(Cl)cc1. The summed E-state index contributed by atoms with van der Waals surface area (Å²) in [6.07, 6.45) is 0.733. The molecule has 0 bridgehead atoms. The van der Waals surface area contributed by atoms with Gasteiger partial charge in [0.1, 0.15) is 0 Å². The number of fused-ring (bicyclic) bond motifs is 1. The Morgan fingerprint density at radius 2 is 1.66 bits per heavy atom. The summed E-state index contributed by atoms with van der Waals surface area (Å²) in [6.45, 7) is 1.62. The first-order valence-electron chi connectivity index (χ1n) is 10.2. The quantitative estimate of drug-likeness (QED) is 0.481. The van der Waals surface area contributed by atoms with Gasteiger partial charge >= 0.3 is 0 Å². The van der Waals surface area contributed by atoms with Gasteiger partial charge in [-0.15, -0.1) is 0 Å². The summed E-state index contributed by atoms with van der Waals surface area (Å²) < 4.78 is 28.2. The fraction of sp³-hybridized carbons (Fsp3) is 0.208. The van der Waals surface area contributed by atoms with Crippen LogP contribution in [0.1, 0.15) is 18.1 Å². The van der Waals surface area contributed by atoms with E-state index in [0.29, 0.717) is 15.6 Å².